The van der Waals surface area contributed by atoms with E-state index in [2.05, 4.69) is 0 Å². The van der Waals surface area contributed by atoms with Crippen molar-refractivity contribution in [2.24, 2.45) is 0 Å². The molecule has 1 fully saturated rings. The number of nitrogens with zero attached hydrogens (tertiary/aromatic N) is 1. The predicted molar refractivity (Wildman–Crippen MR) is 57.1 cm³/mol. The molecule has 0 aromatic rings. The lowest BCUT2D eigenvalue weighted by molar-refractivity contribution is -0.139. The van der Waals surface area contributed by atoms with Gasteiger partial charge in [-0.3, -0.25) is 14.5 Å². The van der Waals surface area contributed by atoms with E-state index in [-0.39, 0.29) is 17.9 Å². The first kappa shape index (κ1) is 10.4. The predicted octanol–water partition coefficient (Wildman–Crippen LogP) is 2.02. The van der Waals surface area contributed by atoms with E-state index in [1.165, 1.54) is 36.3 Å². The number of hydrogen-bond acceptors (Lipinski definition) is 2. The molecule has 2 aliphatic rings. The van der Waals surface area contributed by atoms with Crippen LogP contribution in [0.5, 0.6) is 0 Å². The highest BCUT2D eigenvalue weighted by Gasteiger charge is 2.30. The molecule has 0 bridgehead atoms. The van der Waals surface area contributed by atoms with E-state index in [0.717, 1.165) is 25.7 Å². The zero-order chi connectivity index (χ0) is 10.7. The second-order valence-corrected chi connectivity index (χ2v) is 4.38. The third-order valence-corrected chi connectivity index (χ3v) is 3.28. The van der Waals surface area contributed by atoms with Crippen molar-refractivity contribution in [1.82, 2.24) is 4.90 Å². The molecule has 2 amide bonds. The van der Waals surface area contributed by atoms with Gasteiger partial charge in [0.1, 0.15) is 0 Å². The van der Waals surface area contributed by atoms with Crippen LogP contribution in [0, 0.1) is 0 Å². The first-order valence-electron chi connectivity index (χ1n) is 5.84. The number of carbonyl (C=O) groups excluding carboxylic acids is 2. The van der Waals surface area contributed by atoms with Gasteiger partial charge < -0.3 is 0 Å². The van der Waals surface area contributed by atoms with Crippen LogP contribution < -0.4 is 0 Å². The molecule has 1 saturated carbocycles. The summed E-state index contributed by atoms with van der Waals surface area (Å²) in [4.78, 5) is 24.5. The standard InChI is InChI=1S/C12H17NO2/c14-11-8-9-12(15)13(11)10-6-4-2-1-3-5-7-10/h8-10H,1-7H2. The van der Waals surface area contributed by atoms with Gasteiger partial charge >= 0.3 is 0 Å². The maximum absolute atomic E-state index is 11.5. The minimum Gasteiger partial charge on any atom is -0.272 e. The van der Waals surface area contributed by atoms with Crippen molar-refractivity contribution in [3.8, 4) is 0 Å². The van der Waals surface area contributed by atoms with Crippen molar-refractivity contribution in [3.63, 3.8) is 0 Å². The Hall–Kier alpha value is -1.12. The number of carbonyl (C=O) groups is 2. The second kappa shape index (κ2) is 4.60. The average molecular weight is 207 g/mol. The van der Waals surface area contributed by atoms with Gasteiger partial charge in [-0.2, -0.15) is 0 Å². The Morgan fingerprint density at radius 1 is 0.867 bits per heavy atom. The highest BCUT2D eigenvalue weighted by molar-refractivity contribution is 6.13. The molecule has 1 heterocycles. The molecular weight excluding hydrogens is 190 g/mol. The van der Waals surface area contributed by atoms with Crippen LogP contribution in [0.1, 0.15) is 44.9 Å². The summed E-state index contributed by atoms with van der Waals surface area (Å²) < 4.78 is 0. The first-order chi connectivity index (χ1) is 7.29. The average Bonchev–Trinajstić information content (AvgIpc) is 2.48. The maximum atomic E-state index is 11.5. The van der Waals surface area contributed by atoms with E-state index in [4.69, 9.17) is 0 Å². The molecule has 0 radical (unpaired) electrons. The van der Waals surface area contributed by atoms with Gasteiger partial charge in [-0.15, -0.1) is 0 Å². The van der Waals surface area contributed by atoms with Crippen LogP contribution in [-0.4, -0.2) is 22.8 Å². The molecule has 3 nitrogen and oxygen atoms in total. The van der Waals surface area contributed by atoms with Crippen LogP contribution in [0.25, 0.3) is 0 Å². The Morgan fingerprint density at radius 3 is 1.87 bits per heavy atom. The molecule has 3 heteroatoms. The Balaban J connectivity index is 2.01. The normalized spacial score (nSPS) is 24.4. The molecule has 1 aliphatic heterocycles. The minimum atomic E-state index is -0.120. The van der Waals surface area contributed by atoms with Crippen molar-refractivity contribution in [3.05, 3.63) is 12.2 Å². The molecular formula is C12H17NO2. The summed E-state index contributed by atoms with van der Waals surface area (Å²) in [7, 11) is 0. The van der Waals surface area contributed by atoms with Gasteiger partial charge in [-0.05, 0) is 12.8 Å². The van der Waals surface area contributed by atoms with Gasteiger partial charge in [0.15, 0.2) is 0 Å². The fourth-order valence-corrected chi connectivity index (χ4v) is 2.46. The smallest absolute Gasteiger partial charge is 0.253 e. The molecule has 0 saturated heterocycles. The minimum absolute atomic E-state index is 0.120. The molecule has 0 aromatic carbocycles. The molecule has 0 atom stereocenters. The van der Waals surface area contributed by atoms with Crippen LogP contribution in [0.3, 0.4) is 0 Å². The van der Waals surface area contributed by atoms with Gasteiger partial charge in [0, 0.05) is 18.2 Å². The molecule has 0 aromatic heterocycles. The summed E-state index contributed by atoms with van der Waals surface area (Å²) in [5, 5.41) is 0. The van der Waals surface area contributed by atoms with Gasteiger partial charge in [-0.25, -0.2) is 0 Å². The zero-order valence-electron chi connectivity index (χ0n) is 8.95. The van der Waals surface area contributed by atoms with Crippen LogP contribution in [0.4, 0.5) is 0 Å². The highest BCUT2D eigenvalue weighted by Crippen LogP contribution is 2.23. The van der Waals surface area contributed by atoms with E-state index in [0.29, 0.717) is 0 Å². The first-order valence-corrected chi connectivity index (χ1v) is 5.84. The van der Waals surface area contributed by atoms with E-state index in [1.807, 2.05) is 0 Å². The van der Waals surface area contributed by atoms with E-state index in [9.17, 15) is 9.59 Å². The number of hydrogen-bond donors (Lipinski definition) is 0. The van der Waals surface area contributed by atoms with Crippen LogP contribution in [0.15, 0.2) is 12.2 Å². The summed E-state index contributed by atoms with van der Waals surface area (Å²) in [5.74, 6) is -0.240. The van der Waals surface area contributed by atoms with E-state index < -0.39 is 0 Å². The van der Waals surface area contributed by atoms with Gasteiger partial charge in [0.05, 0.1) is 0 Å². The summed E-state index contributed by atoms with van der Waals surface area (Å²) in [6, 6.07) is 0.153. The summed E-state index contributed by atoms with van der Waals surface area (Å²) in [6.45, 7) is 0. The molecule has 0 spiro atoms. The van der Waals surface area contributed by atoms with Crippen molar-refractivity contribution in [2.45, 2.75) is 51.0 Å². The summed E-state index contributed by atoms with van der Waals surface area (Å²) in [5.41, 5.74) is 0. The van der Waals surface area contributed by atoms with Crippen LogP contribution in [-0.2, 0) is 9.59 Å². The Morgan fingerprint density at radius 2 is 1.33 bits per heavy atom. The molecule has 0 N–H and O–H groups in total. The number of rotatable bonds is 1. The Bertz CT molecular complexity index is 270. The fraction of sp³-hybridized carbons (Fsp3) is 0.667. The van der Waals surface area contributed by atoms with Crippen molar-refractivity contribution < 1.29 is 9.59 Å². The lowest BCUT2D eigenvalue weighted by Gasteiger charge is -2.27. The molecule has 15 heavy (non-hydrogen) atoms. The molecule has 0 unspecified atom stereocenters. The SMILES string of the molecule is O=C1C=CC(=O)N1C1CCCCCCC1. The second-order valence-electron chi connectivity index (χ2n) is 4.38. The van der Waals surface area contributed by atoms with E-state index in [1.54, 1.807) is 0 Å². The largest absolute Gasteiger partial charge is 0.272 e. The van der Waals surface area contributed by atoms with Crippen molar-refractivity contribution in [2.75, 3.05) is 0 Å². The van der Waals surface area contributed by atoms with Crippen molar-refractivity contribution in [1.29, 1.82) is 0 Å². The number of amides is 2. The fourth-order valence-electron chi connectivity index (χ4n) is 2.46. The van der Waals surface area contributed by atoms with Crippen LogP contribution in [0.2, 0.25) is 0 Å². The Kier molecular flexibility index (Phi) is 3.19. The molecule has 2 rings (SSSR count). The van der Waals surface area contributed by atoms with Gasteiger partial charge in [-0.1, -0.05) is 32.1 Å². The van der Waals surface area contributed by atoms with E-state index >= 15 is 0 Å². The summed E-state index contributed by atoms with van der Waals surface area (Å²) >= 11 is 0. The topological polar surface area (TPSA) is 37.4 Å². The van der Waals surface area contributed by atoms with Gasteiger partial charge in [0.2, 0.25) is 0 Å². The molecule has 1 aliphatic carbocycles. The maximum Gasteiger partial charge on any atom is 0.253 e. The third-order valence-electron chi connectivity index (χ3n) is 3.28. The quantitative estimate of drug-likeness (QED) is 0.617. The lowest BCUT2D eigenvalue weighted by Crippen LogP contribution is -2.40. The Labute approximate surface area is 90.1 Å². The molecule has 82 valence electrons. The lowest BCUT2D eigenvalue weighted by atomic mass is 9.96. The van der Waals surface area contributed by atoms with Crippen molar-refractivity contribution >= 4 is 11.8 Å². The summed E-state index contributed by atoms with van der Waals surface area (Å²) in [6.07, 6.45) is 10.8. The van der Waals surface area contributed by atoms with Gasteiger partial charge in [0.25, 0.3) is 11.8 Å². The van der Waals surface area contributed by atoms with Crippen LogP contribution >= 0.6 is 0 Å². The highest BCUT2D eigenvalue weighted by atomic mass is 16.2. The monoisotopic (exact) mass is 207 g/mol. The number of imide groups is 1. The third kappa shape index (κ3) is 2.28. The zero-order valence-corrected chi connectivity index (χ0v) is 8.95.